The minimum Gasteiger partial charge on any atom is -0.358 e. The quantitative estimate of drug-likeness (QED) is 0.247. The summed E-state index contributed by atoms with van der Waals surface area (Å²) in [4.78, 5) is 40.9. The molecule has 0 radical (unpaired) electrons. The summed E-state index contributed by atoms with van der Waals surface area (Å²) < 4.78 is 0. The molecule has 0 aliphatic carbocycles. The third-order valence-corrected chi connectivity index (χ3v) is 7.97. The molecule has 200 valence electrons. The number of carbonyl (C=O) groups excluding carboxylic acids is 2. The number of aromatic amines is 1. The maximum atomic E-state index is 13.0. The molecule has 3 aromatic heterocycles. The number of anilines is 1. The van der Waals surface area contributed by atoms with E-state index in [2.05, 4.69) is 39.3 Å². The smallest absolute Gasteiger partial charge is 0.256 e. The van der Waals surface area contributed by atoms with E-state index in [-0.39, 0.29) is 11.8 Å². The summed E-state index contributed by atoms with van der Waals surface area (Å²) in [6.45, 7) is 11.3. The molecule has 0 saturated carbocycles. The molecule has 0 atom stereocenters. The van der Waals surface area contributed by atoms with Crippen molar-refractivity contribution in [1.82, 2.24) is 25.2 Å². The molecular formula is C30H32N6O2S. The minimum atomic E-state index is -0.205. The average molecular weight is 541 g/mol. The van der Waals surface area contributed by atoms with Gasteiger partial charge in [0.25, 0.3) is 11.8 Å². The molecular weight excluding hydrogens is 508 g/mol. The number of nitrogens with zero attached hydrogens (tertiary/aromatic N) is 3. The molecule has 0 saturated heterocycles. The van der Waals surface area contributed by atoms with Crippen molar-refractivity contribution in [2.45, 2.75) is 27.7 Å². The van der Waals surface area contributed by atoms with E-state index < -0.39 is 0 Å². The highest BCUT2D eigenvalue weighted by molar-refractivity contribution is 7.13. The molecule has 1 aromatic carbocycles. The lowest BCUT2D eigenvalue weighted by atomic mass is 10.0. The van der Waals surface area contributed by atoms with Crippen LogP contribution < -0.4 is 10.6 Å². The third-order valence-electron chi connectivity index (χ3n) is 7.07. The topological polar surface area (TPSA) is 103 Å². The van der Waals surface area contributed by atoms with E-state index in [4.69, 9.17) is 4.98 Å². The van der Waals surface area contributed by atoms with Crippen LogP contribution in [0.4, 0.5) is 5.69 Å². The van der Waals surface area contributed by atoms with Crippen molar-refractivity contribution < 1.29 is 9.59 Å². The Morgan fingerprint density at radius 2 is 1.90 bits per heavy atom. The van der Waals surface area contributed by atoms with Gasteiger partial charge < -0.3 is 20.5 Å². The number of benzene rings is 1. The van der Waals surface area contributed by atoms with Crippen LogP contribution in [0.3, 0.4) is 0 Å². The second kappa shape index (κ2) is 11.3. The monoisotopic (exact) mass is 540 g/mol. The van der Waals surface area contributed by atoms with Gasteiger partial charge in [-0.1, -0.05) is 44.2 Å². The van der Waals surface area contributed by atoms with Gasteiger partial charge in [-0.25, -0.2) is 4.98 Å². The Morgan fingerprint density at radius 3 is 2.64 bits per heavy atom. The zero-order valence-electron chi connectivity index (χ0n) is 22.6. The summed E-state index contributed by atoms with van der Waals surface area (Å²) in [6.07, 6.45) is 3.49. The summed E-state index contributed by atoms with van der Waals surface area (Å²) in [6, 6.07) is 11.9. The van der Waals surface area contributed by atoms with Crippen molar-refractivity contribution in [3.05, 3.63) is 76.1 Å². The number of aromatic nitrogens is 3. The van der Waals surface area contributed by atoms with Gasteiger partial charge in [0.15, 0.2) is 0 Å². The highest BCUT2D eigenvalue weighted by Crippen LogP contribution is 2.36. The molecule has 0 bridgehead atoms. The van der Waals surface area contributed by atoms with E-state index in [1.165, 1.54) is 0 Å². The fourth-order valence-electron chi connectivity index (χ4n) is 4.84. The second-order valence-electron chi connectivity index (χ2n) is 9.48. The first kappa shape index (κ1) is 26.5. The molecule has 8 nitrogen and oxygen atoms in total. The lowest BCUT2D eigenvalue weighted by molar-refractivity contribution is -0.110. The lowest BCUT2D eigenvalue weighted by Crippen LogP contribution is -2.35. The number of thiazole rings is 1. The molecule has 2 amide bonds. The van der Waals surface area contributed by atoms with Gasteiger partial charge in [-0.15, -0.1) is 11.3 Å². The number of pyridine rings is 1. The Kier molecular flexibility index (Phi) is 7.72. The highest BCUT2D eigenvalue weighted by Gasteiger charge is 2.27. The number of fused-ring (bicyclic) bond motifs is 1. The fourth-order valence-corrected chi connectivity index (χ4v) is 5.66. The van der Waals surface area contributed by atoms with Gasteiger partial charge in [-0.2, -0.15) is 0 Å². The van der Waals surface area contributed by atoms with Crippen molar-refractivity contribution >= 4 is 40.5 Å². The second-order valence-corrected chi connectivity index (χ2v) is 10.3. The average Bonchev–Trinajstić information content (AvgIpc) is 3.63. The van der Waals surface area contributed by atoms with E-state index in [0.29, 0.717) is 29.1 Å². The van der Waals surface area contributed by atoms with Crippen molar-refractivity contribution in [3.63, 3.8) is 0 Å². The zero-order valence-corrected chi connectivity index (χ0v) is 23.4. The van der Waals surface area contributed by atoms with Gasteiger partial charge in [-0.05, 0) is 44.6 Å². The first-order valence-corrected chi connectivity index (χ1v) is 14.0. The summed E-state index contributed by atoms with van der Waals surface area (Å²) in [7, 11) is 0. The number of carbonyl (C=O) groups is 2. The maximum Gasteiger partial charge on any atom is 0.256 e. The van der Waals surface area contributed by atoms with E-state index in [1.807, 2.05) is 61.7 Å². The number of likely N-dealkylation sites (N-methyl/N-ethyl adjacent to an activating group) is 1. The van der Waals surface area contributed by atoms with Crippen LogP contribution in [0.1, 0.15) is 46.7 Å². The largest absolute Gasteiger partial charge is 0.358 e. The molecule has 4 aromatic rings. The number of amides is 2. The number of aryl methyl sites for hydroxylation is 1. The van der Waals surface area contributed by atoms with E-state index in [1.54, 1.807) is 17.5 Å². The van der Waals surface area contributed by atoms with Gasteiger partial charge in [-0.3, -0.25) is 14.6 Å². The van der Waals surface area contributed by atoms with Crippen LogP contribution >= 0.6 is 11.3 Å². The number of nitrogens with one attached hydrogen (secondary N) is 3. The van der Waals surface area contributed by atoms with Gasteiger partial charge in [0.1, 0.15) is 10.7 Å². The van der Waals surface area contributed by atoms with Gasteiger partial charge in [0, 0.05) is 41.0 Å². The predicted octanol–water partition coefficient (Wildman–Crippen LogP) is 5.38. The standard InChI is InChI=1S/C30H32N6O2S/c1-5-36(6-2)13-12-31-29(38)27-18(3)23(33-19(27)4)15-22-21-14-24(32-16-25(21)34-28(22)37)26-17-39-30(35-26)20-10-8-7-9-11-20/h7-11,14-17,33H,5-6,12-13H2,1-4H3,(H,31,38)(H,34,37). The van der Waals surface area contributed by atoms with Gasteiger partial charge >= 0.3 is 0 Å². The molecule has 9 heteroatoms. The zero-order chi connectivity index (χ0) is 27.5. The number of H-pyrrole nitrogens is 1. The lowest BCUT2D eigenvalue weighted by Gasteiger charge is -2.18. The molecule has 3 N–H and O–H groups in total. The Morgan fingerprint density at radius 1 is 1.13 bits per heavy atom. The number of hydrogen-bond donors (Lipinski definition) is 3. The molecule has 1 aliphatic rings. The first-order chi connectivity index (χ1) is 18.9. The van der Waals surface area contributed by atoms with Crippen molar-refractivity contribution in [1.29, 1.82) is 0 Å². The van der Waals surface area contributed by atoms with Crippen LogP contribution in [0, 0.1) is 13.8 Å². The Hall–Kier alpha value is -4.08. The number of rotatable bonds is 9. The van der Waals surface area contributed by atoms with Crippen molar-refractivity contribution in [2.24, 2.45) is 0 Å². The maximum absolute atomic E-state index is 13.0. The molecule has 0 fully saturated rings. The fraction of sp³-hybridized carbons (Fsp3) is 0.267. The third kappa shape index (κ3) is 5.41. The van der Waals surface area contributed by atoms with Crippen molar-refractivity contribution in [2.75, 3.05) is 31.5 Å². The molecule has 39 heavy (non-hydrogen) atoms. The SMILES string of the molecule is CCN(CC)CCNC(=O)c1c(C)[nH]c(C=C2C(=O)Nc3cnc(-c4csc(-c5ccccc5)n4)cc32)c1C. The summed E-state index contributed by atoms with van der Waals surface area (Å²) in [5, 5.41) is 8.84. The summed E-state index contributed by atoms with van der Waals surface area (Å²) in [5.74, 6) is -0.317. The highest BCUT2D eigenvalue weighted by atomic mass is 32.1. The summed E-state index contributed by atoms with van der Waals surface area (Å²) >= 11 is 1.56. The normalized spacial score (nSPS) is 13.7. The van der Waals surface area contributed by atoms with E-state index in [0.717, 1.165) is 58.4 Å². The van der Waals surface area contributed by atoms with E-state index >= 15 is 0 Å². The molecule has 4 heterocycles. The molecule has 5 rings (SSSR count). The Labute approximate surface area is 232 Å². The predicted molar refractivity (Wildman–Crippen MR) is 158 cm³/mol. The molecule has 0 spiro atoms. The van der Waals surface area contributed by atoms with Crippen LogP contribution in [-0.2, 0) is 4.79 Å². The van der Waals surface area contributed by atoms with Gasteiger partial charge in [0.05, 0.1) is 28.7 Å². The molecule has 1 aliphatic heterocycles. The Bertz CT molecular complexity index is 1550. The van der Waals surface area contributed by atoms with Crippen LogP contribution in [0.5, 0.6) is 0 Å². The first-order valence-electron chi connectivity index (χ1n) is 13.1. The minimum absolute atomic E-state index is 0.112. The van der Waals surface area contributed by atoms with Crippen LogP contribution in [0.25, 0.3) is 33.6 Å². The van der Waals surface area contributed by atoms with Crippen LogP contribution in [0.15, 0.2) is 48.0 Å². The van der Waals surface area contributed by atoms with Crippen LogP contribution in [0.2, 0.25) is 0 Å². The van der Waals surface area contributed by atoms with E-state index in [9.17, 15) is 9.59 Å². The van der Waals surface area contributed by atoms with Crippen LogP contribution in [-0.4, -0.2) is 57.8 Å². The number of hydrogen-bond acceptors (Lipinski definition) is 6. The van der Waals surface area contributed by atoms with Crippen molar-refractivity contribution in [3.8, 4) is 22.0 Å². The van der Waals surface area contributed by atoms with Gasteiger partial charge in [0.2, 0.25) is 0 Å². The Balaban J connectivity index is 1.41. The summed E-state index contributed by atoms with van der Waals surface area (Å²) in [5.41, 5.74) is 7.37. The molecule has 0 unspecified atom stereocenters.